The number of nitrogens with one attached hydrogen (secondary N) is 1. The number of amides is 1. The monoisotopic (exact) mass is 291 g/mol. The summed E-state index contributed by atoms with van der Waals surface area (Å²) in [5.74, 6) is -0.497. The van der Waals surface area contributed by atoms with Crippen LogP contribution >= 0.6 is 0 Å². The number of rotatable bonds is 4. The number of carbonyl (C=O) groups excluding carboxylic acids is 1. The number of nitrogen functional groups attached to an aromatic ring is 1. The first kappa shape index (κ1) is 15.2. The summed E-state index contributed by atoms with van der Waals surface area (Å²) in [7, 11) is 0. The van der Waals surface area contributed by atoms with Crippen molar-refractivity contribution in [2.45, 2.75) is 19.8 Å². The molecular weight excluding hydrogens is 270 g/mol. The second-order valence-electron chi connectivity index (χ2n) is 5.44. The number of carbonyl (C=O) groups is 2. The minimum absolute atomic E-state index is 0.00876. The van der Waals surface area contributed by atoms with E-state index < -0.39 is 5.97 Å². The lowest BCUT2D eigenvalue weighted by Gasteiger charge is -2.33. The van der Waals surface area contributed by atoms with E-state index in [2.05, 4.69) is 10.2 Å². The van der Waals surface area contributed by atoms with Gasteiger partial charge in [0.05, 0.1) is 5.56 Å². The molecule has 0 radical (unpaired) electrons. The number of piperidine rings is 1. The van der Waals surface area contributed by atoms with Gasteiger partial charge in [0.2, 0.25) is 5.91 Å². The maximum Gasteiger partial charge on any atom is 0.337 e. The quantitative estimate of drug-likeness (QED) is 0.727. The Balaban J connectivity index is 1.94. The minimum Gasteiger partial charge on any atom is -0.478 e. The molecule has 1 amide bonds. The zero-order chi connectivity index (χ0) is 15.4. The Labute approximate surface area is 123 Å². The van der Waals surface area contributed by atoms with Crippen molar-refractivity contribution in [3.63, 3.8) is 0 Å². The van der Waals surface area contributed by atoms with Crippen molar-refractivity contribution in [2.24, 2.45) is 5.92 Å². The van der Waals surface area contributed by atoms with Crippen molar-refractivity contribution in [3.05, 3.63) is 23.8 Å². The van der Waals surface area contributed by atoms with Crippen molar-refractivity contribution >= 4 is 23.3 Å². The standard InChI is InChI=1S/C15H21N3O3/c1-10(19)17-9-11-4-6-18(7-5-11)12-2-3-13(15(20)21)14(16)8-12/h2-3,8,11H,4-7,9,16H2,1H3,(H,17,19)(H,20,21). The van der Waals surface area contributed by atoms with Gasteiger partial charge >= 0.3 is 5.97 Å². The fourth-order valence-electron chi connectivity index (χ4n) is 2.62. The topological polar surface area (TPSA) is 95.7 Å². The molecule has 4 N–H and O–H groups in total. The first-order chi connectivity index (χ1) is 9.97. The molecule has 1 aliphatic rings. The second-order valence-corrected chi connectivity index (χ2v) is 5.44. The Hall–Kier alpha value is -2.24. The van der Waals surface area contributed by atoms with Crippen LogP contribution in [0, 0.1) is 5.92 Å². The summed E-state index contributed by atoms with van der Waals surface area (Å²) < 4.78 is 0. The summed E-state index contributed by atoms with van der Waals surface area (Å²) in [5, 5.41) is 11.8. The molecule has 1 aromatic carbocycles. The zero-order valence-corrected chi connectivity index (χ0v) is 12.1. The van der Waals surface area contributed by atoms with Gasteiger partial charge in [-0.3, -0.25) is 4.79 Å². The summed E-state index contributed by atoms with van der Waals surface area (Å²) in [4.78, 5) is 24.1. The van der Waals surface area contributed by atoms with Crippen LogP contribution in [-0.4, -0.2) is 36.6 Å². The third-order valence-electron chi connectivity index (χ3n) is 3.88. The highest BCUT2D eigenvalue weighted by atomic mass is 16.4. The van der Waals surface area contributed by atoms with Crippen molar-refractivity contribution in [2.75, 3.05) is 30.3 Å². The first-order valence-corrected chi connectivity index (χ1v) is 7.09. The van der Waals surface area contributed by atoms with Gasteiger partial charge in [0.25, 0.3) is 0 Å². The maximum atomic E-state index is 11.0. The van der Waals surface area contributed by atoms with Crippen LogP contribution in [0.3, 0.4) is 0 Å². The van der Waals surface area contributed by atoms with Crippen LogP contribution in [0.15, 0.2) is 18.2 Å². The number of carboxylic acids is 1. The number of hydrogen-bond acceptors (Lipinski definition) is 4. The predicted molar refractivity (Wildman–Crippen MR) is 81.4 cm³/mol. The van der Waals surface area contributed by atoms with Crippen LogP contribution in [-0.2, 0) is 4.79 Å². The fraction of sp³-hybridized carbons (Fsp3) is 0.467. The van der Waals surface area contributed by atoms with Crippen LogP contribution in [0.25, 0.3) is 0 Å². The Bertz CT molecular complexity index is 537. The molecule has 0 bridgehead atoms. The van der Waals surface area contributed by atoms with E-state index in [1.54, 1.807) is 18.2 Å². The summed E-state index contributed by atoms with van der Waals surface area (Å²) in [6, 6.07) is 5.07. The van der Waals surface area contributed by atoms with Crippen LogP contribution < -0.4 is 16.0 Å². The van der Waals surface area contributed by atoms with Gasteiger partial charge in [-0.15, -0.1) is 0 Å². The number of aromatic carboxylic acids is 1. The van der Waals surface area contributed by atoms with Crippen LogP contribution in [0.2, 0.25) is 0 Å². The van der Waals surface area contributed by atoms with E-state index in [9.17, 15) is 9.59 Å². The number of anilines is 2. The van der Waals surface area contributed by atoms with Gasteiger partial charge in [-0.1, -0.05) is 0 Å². The van der Waals surface area contributed by atoms with Gasteiger partial charge in [-0.05, 0) is 37.0 Å². The third kappa shape index (κ3) is 3.87. The molecule has 0 spiro atoms. The summed E-state index contributed by atoms with van der Waals surface area (Å²) >= 11 is 0. The molecule has 1 saturated heterocycles. The third-order valence-corrected chi connectivity index (χ3v) is 3.88. The smallest absolute Gasteiger partial charge is 0.337 e. The largest absolute Gasteiger partial charge is 0.478 e. The lowest BCUT2D eigenvalue weighted by atomic mass is 9.96. The van der Waals surface area contributed by atoms with Gasteiger partial charge in [0.15, 0.2) is 0 Å². The predicted octanol–water partition coefficient (Wildman–Crippen LogP) is 1.32. The fourth-order valence-corrected chi connectivity index (χ4v) is 2.62. The van der Waals surface area contributed by atoms with Crippen molar-refractivity contribution in [1.29, 1.82) is 0 Å². The Morgan fingerprint density at radius 3 is 2.57 bits per heavy atom. The number of hydrogen-bond donors (Lipinski definition) is 3. The average Bonchev–Trinajstić information content (AvgIpc) is 2.45. The molecule has 0 saturated carbocycles. The van der Waals surface area contributed by atoms with E-state index in [0.29, 0.717) is 11.6 Å². The van der Waals surface area contributed by atoms with Crippen LogP contribution in [0.5, 0.6) is 0 Å². The zero-order valence-electron chi connectivity index (χ0n) is 12.1. The molecule has 0 unspecified atom stereocenters. The van der Waals surface area contributed by atoms with Gasteiger partial charge in [0.1, 0.15) is 0 Å². The highest BCUT2D eigenvalue weighted by Crippen LogP contribution is 2.26. The molecule has 114 valence electrons. The molecule has 6 nitrogen and oxygen atoms in total. The molecule has 21 heavy (non-hydrogen) atoms. The number of benzene rings is 1. The van der Waals surface area contributed by atoms with Crippen LogP contribution in [0.1, 0.15) is 30.1 Å². The van der Waals surface area contributed by atoms with E-state index in [1.807, 2.05) is 0 Å². The molecule has 1 fully saturated rings. The van der Waals surface area contributed by atoms with Crippen molar-refractivity contribution < 1.29 is 14.7 Å². The van der Waals surface area contributed by atoms with Crippen LogP contribution in [0.4, 0.5) is 11.4 Å². The van der Waals surface area contributed by atoms with E-state index in [4.69, 9.17) is 10.8 Å². The molecule has 0 aromatic heterocycles. The molecule has 1 heterocycles. The average molecular weight is 291 g/mol. The molecule has 0 aliphatic carbocycles. The molecule has 2 rings (SSSR count). The summed E-state index contributed by atoms with van der Waals surface area (Å²) in [6.45, 7) is 4.03. The van der Waals surface area contributed by atoms with Gasteiger partial charge in [-0.25, -0.2) is 4.79 Å². The molecule has 1 aromatic rings. The molecule has 6 heteroatoms. The normalized spacial score (nSPS) is 15.8. The lowest BCUT2D eigenvalue weighted by Crippen LogP contribution is -2.38. The highest BCUT2D eigenvalue weighted by molar-refractivity contribution is 5.94. The van der Waals surface area contributed by atoms with Crippen molar-refractivity contribution in [3.8, 4) is 0 Å². The minimum atomic E-state index is -1.01. The SMILES string of the molecule is CC(=O)NCC1CCN(c2ccc(C(=O)O)c(N)c2)CC1. The van der Waals surface area contributed by atoms with E-state index in [0.717, 1.165) is 38.2 Å². The van der Waals surface area contributed by atoms with Gasteiger partial charge in [-0.2, -0.15) is 0 Å². The first-order valence-electron chi connectivity index (χ1n) is 7.09. The van der Waals surface area contributed by atoms with Gasteiger partial charge < -0.3 is 21.1 Å². The number of nitrogens with two attached hydrogens (primary N) is 1. The number of nitrogens with zero attached hydrogens (tertiary/aromatic N) is 1. The Kier molecular flexibility index (Phi) is 4.67. The Morgan fingerprint density at radius 2 is 2.05 bits per heavy atom. The van der Waals surface area contributed by atoms with Gasteiger partial charge in [0, 0.05) is 37.9 Å². The summed E-state index contributed by atoms with van der Waals surface area (Å²) in [6.07, 6.45) is 2.00. The Morgan fingerprint density at radius 1 is 1.38 bits per heavy atom. The summed E-state index contributed by atoms with van der Waals surface area (Å²) in [5.41, 5.74) is 7.17. The number of carboxylic acid groups (broad SMARTS) is 1. The van der Waals surface area contributed by atoms with E-state index >= 15 is 0 Å². The van der Waals surface area contributed by atoms with E-state index in [1.165, 1.54) is 6.92 Å². The lowest BCUT2D eigenvalue weighted by molar-refractivity contribution is -0.119. The highest BCUT2D eigenvalue weighted by Gasteiger charge is 2.20. The molecule has 0 atom stereocenters. The molecular formula is C15H21N3O3. The van der Waals surface area contributed by atoms with Crippen molar-refractivity contribution in [1.82, 2.24) is 5.32 Å². The second kappa shape index (κ2) is 6.47. The molecule has 1 aliphatic heterocycles. The van der Waals surface area contributed by atoms with E-state index in [-0.39, 0.29) is 11.5 Å². The maximum absolute atomic E-state index is 11.0.